The summed E-state index contributed by atoms with van der Waals surface area (Å²) in [5, 5.41) is 0. The van der Waals surface area contributed by atoms with Gasteiger partial charge in [-0.25, -0.2) is 0 Å². The van der Waals surface area contributed by atoms with Gasteiger partial charge < -0.3 is 10.3 Å². The largest absolute Gasteiger partial charge is 0.347 e. The van der Waals surface area contributed by atoms with Crippen molar-refractivity contribution in [3.63, 3.8) is 0 Å². The summed E-state index contributed by atoms with van der Waals surface area (Å²) in [7, 11) is 0. The average molecular weight is 192 g/mol. The number of fused-ring (bicyclic) bond motifs is 1. The normalized spacial score (nSPS) is 18.6. The molecule has 0 amide bonds. The van der Waals surface area contributed by atoms with Crippen LogP contribution in [0.2, 0.25) is 0 Å². The Bertz CT molecular complexity index is 347. The molecule has 2 heteroatoms. The minimum atomic E-state index is 0.453. The van der Waals surface area contributed by atoms with Crippen molar-refractivity contribution < 1.29 is 0 Å². The molecule has 1 aromatic rings. The van der Waals surface area contributed by atoms with Gasteiger partial charge in [0.1, 0.15) is 0 Å². The van der Waals surface area contributed by atoms with Crippen molar-refractivity contribution in [1.82, 2.24) is 4.57 Å². The summed E-state index contributed by atoms with van der Waals surface area (Å²) in [6, 6.07) is 2.33. The molecule has 2 nitrogen and oxygen atoms in total. The Hall–Kier alpha value is -0.760. The molecule has 0 aliphatic heterocycles. The fourth-order valence-corrected chi connectivity index (χ4v) is 2.63. The van der Waals surface area contributed by atoms with Gasteiger partial charge in [0, 0.05) is 24.5 Å². The first-order valence-corrected chi connectivity index (χ1v) is 5.41. The molecular weight excluding hydrogens is 172 g/mol. The predicted molar refractivity (Wildman–Crippen MR) is 59.4 cm³/mol. The van der Waals surface area contributed by atoms with E-state index in [1.807, 2.05) is 0 Å². The van der Waals surface area contributed by atoms with E-state index >= 15 is 0 Å². The Morgan fingerprint density at radius 2 is 2.14 bits per heavy atom. The maximum atomic E-state index is 5.63. The lowest BCUT2D eigenvalue weighted by atomic mass is 9.90. The molecule has 1 heterocycles. The van der Waals surface area contributed by atoms with Gasteiger partial charge in [0.25, 0.3) is 0 Å². The summed E-state index contributed by atoms with van der Waals surface area (Å²) in [5.41, 5.74) is 10.5. The van der Waals surface area contributed by atoms with E-state index in [9.17, 15) is 0 Å². The van der Waals surface area contributed by atoms with Crippen molar-refractivity contribution in [3.8, 4) is 0 Å². The predicted octanol–water partition coefficient (Wildman–Crippen LogP) is 1.88. The maximum absolute atomic E-state index is 5.63. The van der Waals surface area contributed by atoms with E-state index < -0.39 is 0 Å². The fourth-order valence-electron chi connectivity index (χ4n) is 2.63. The maximum Gasteiger partial charge on any atom is 0.0347 e. The van der Waals surface area contributed by atoms with Gasteiger partial charge >= 0.3 is 0 Å². The van der Waals surface area contributed by atoms with Crippen molar-refractivity contribution in [3.05, 3.63) is 23.0 Å². The van der Waals surface area contributed by atoms with Crippen LogP contribution in [0.5, 0.6) is 0 Å². The standard InChI is InChI=1S/C12H20N2/c1-9-6-10-7-12(2,3)8-11(10)14(9)5-4-13/h6H,4-5,7-8,13H2,1-3H3. The SMILES string of the molecule is Cc1cc2c(n1CCN)CC(C)(C)C2. The summed E-state index contributed by atoms with van der Waals surface area (Å²) in [5.74, 6) is 0. The second-order valence-electron chi connectivity index (χ2n) is 5.22. The Morgan fingerprint density at radius 3 is 2.79 bits per heavy atom. The molecular formula is C12H20N2. The minimum absolute atomic E-state index is 0.453. The van der Waals surface area contributed by atoms with Crippen LogP contribution in [-0.4, -0.2) is 11.1 Å². The lowest BCUT2D eigenvalue weighted by Crippen LogP contribution is -2.16. The number of hydrogen-bond donors (Lipinski definition) is 1. The zero-order valence-corrected chi connectivity index (χ0v) is 9.43. The molecule has 1 aliphatic rings. The van der Waals surface area contributed by atoms with Gasteiger partial charge in [-0.2, -0.15) is 0 Å². The quantitative estimate of drug-likeness (QED) is 0.762. The van der Waals surface area contributed by atoms with Gasteiger partial charge in [-0.1, -0.05) is 13.8 Å². The molecule has 78 valence electrons. The molecule has 0 saturated heterocycles. The first-order valence-electron chi connectivity index (χ1n) is 5.41. The molecule has 2 N–H and O–H groups in total. The first kappa shape index (κ1) is 9.78. The van der Waals surface area contributed by atoms with E-state index in [0.29, 0.717) is 5.41 Å². The molecule has 14 heavy (non-hydrogen) atoms. The van der Waals surface area contributed by atoms with E-state index in [4.69, 9.17) is 5.73 Å². The Kier molecular flexibility index (Phi) is 2.18. The number of nitrogens with zero attached hydrogens (tertiary/aromatic N) is 1. The summed E-state index contributed by atoms with van der Waals surface area (Å²) in [6.07, 6.45) is 2.43. The van der Waals surface area contributed by atoms with Gasteiger partial charge in [-0.15, -0.1) is 0 Å². The molecule has 2 rings (SSSR count). The molecule has 0 spiro atoms. The van der Waals surface area contributed by atoms with Crippen molar-refractivity contribution in [2.45, 2.75) is 40.2 Å². The molecule has 0 aromatic carbocycles. The molecule has 0 unspecified atom stereocenters. The number of nitrogens with two attached hydrogens (primary N) is 1. The van der Waals surface area contributed by atoms with Crippen LogP contribution in [0.3, 0.4) is 0 Å². The second-order valence-corrected chi connectivity index (χ2v) is 5.22. The third-order valence-electron chi connectivity index (χ3n) is 3.17. The zero-order chi connectivity index (χ0) is 10.3. The van der Waals surface area contributed by atoms with E-state index in [2.05, 4.69) is 31.4 Å². The van der Waals surface area contributed by atoms with E-state index in [1.54, 1.807) is 5.56 Å². The topological polar surface area (TPSA) is 30.9 Å². The summed E-state index contributed by atoms with van der Waals surface area (Å²) in [4.78, 5) is 0. The summed E-state index contributed by atoms with van der Waals surface area (Å²) >= 11 is 0. The molecule has 1 aliphatic carbocycles. The monoisotopic (exact) mass is 192 g/mol. The molecule has 0 atom stereocenters. The highest BCUT2D eigenvalue weighted by atomic mass is 15.0. The number of rotatable bonds is 2. The summed E-state index contributed by atoms with van der Waals surface area (Å²) in [6.45, 7) is 8.57. The van der Waals surface area contributed by atoms with Crippen molar-refractivity contribution in [2.24, 2.45) is 11.1 Å². The van der Waals surface area contributed by atoms with Crippen LogP contribution in [0.15, 0.2) is 6.07 Å². The van der Waals surface area contributed by atoms with Gasteiger partial charge in [-0.05, 0) is 36.8 Å². The number of hydrogen-bond acceptors (Lipinski definition) is 1. The summed E-state index contributed by atoms with van der Waals surface area (Å²) < 4.78 is 2.39. The molecule has 1 aromatic heterocycles. The zero-order valence-electron chi connectivity index (χ0n) is 9.43. The molecule has 0 saturated carbocycles. The van der Waals surface area contributed by atoms with Crippen LogP contribution in [-0.2, 0) is 19.4 Å². The highest BCUT2D eigenvalue weighted by Crippen LogP contribution is 2.37. The van der Waals surface area contributed by atoms with E-state index in [-0.39, 0.29) is 0 Å². The van der Waals surface area contributed by atoms with Crippen LogP contribution >= 0.6 is 0 Å². The fraction of sp³-hybridized carbons (Fsp3) is 0.667. The van der Waals surface area contributed by atoms with Crippen LogP contribution < -0.4 is 5.73 Å². The molecule has 0 radical (unpaired) electrons. The van der Waals surface area contributed by atoms with Gasteiger partial charge in [0.2, 0.25) is 0 Å². The van der Waals surface area contributed by atoms with Crippen molar-refractivity contribution in [1.29, 1.82) is 0 Å². The van der Waals surface area contributed by atoms with Gasteiger partial charge in [0.05, 0.1) is 0 Å². The van der Waals surface area contributed by atoms with Gasteiger partial charge in [-0.3, -0.25) is 0 Å². The van der Waals surface area contributed by atoms with Crippen molar-refractivity contribution in [2.75, 3.05) is 6.54 Å². The van der Waals surface area contributed by atoms with Crippen LogP contribution in [0.25, 0.3) is 0 Å². The Morgan fingerprint density at radius 1 is 1.43 bits per heavy atom. The number of aromatic nitrogens is 1. The minimum Gasteiger partial charge on any atom is -0.347 e. The van der Waals surface area contributed by atoms with Crippen molar-refractivity contribution >= 4 is 0 Å². The third-order valence-corrected chi connectivity index (χ3v) is 3.17. The lowest BCUT2D eigenvalue weighted by Gasteiger charge is -2.17. The highest BCUT2D eigenvalue weighted by molar-refractivity contribution is 5.34. The van der Waals surface area contributed by atoms with Gasteiger partial charge in [0.15, 0.2) is 0 Å². The van der Waals surface area contributed by atoms with Crippen LogP contribution in [0.1, 0.15) is 30.8 Å². The number of aryl methyl sites for hydroxylation is 1. The lowest BCUT2D eigenvalue weighted by molar-refractivity contribution is 0.384. The van der Waals surface area contributed by atoms with E-state index in [0.717, 1.165) is 13.1 Å². The second kappa shape index (κ2) is 3.13. The molecule has 0 bridgehead atoms. The molecule has 0 fully saturated rings. The van der Waals surface area contributed by atoms with E-state index in [1.165, 1.54) is 24.2 Å². The van der Waals surface area contributed by atoms with Crippen LogP contribution in [0, 0.1) is 12.3 Å². The smallest absolute Gasteiger partial charge is 0.0347 e. The average Bonchev–Trinajstić information content (AvgIpc) is 2.47. The highest BCUT2D eigenvalue weighted by Gasteiger charge is 2.31. The Labute approximate surface area is 86.1 Å². The first-order chi connectivity index (χ1) is 6.53. The van der Waals surface area contributed by atoms with Crippen LogP contribution in [0.4, 0.5) is 0 Å². The third kappa shape index (κ3) is 1.48. The Balaban J connectivity index is 2.36.